The van der Waals surface area contributed by atoms with E-state index in [0.29, 0.717) is 0 Å². The summed E-state index contributed by atoms with van der Waals surface area (Å²) in [7, 11) is 1.71. The van der Waals surface area contributed by atoms with Gasteiger partial charge in [0.1, 0.15) is 5.75 Å². The molecule has 0 bridgehead atoms. The Morgan fingerprint density at radius 3 is 2.19 bits per heavy atom. The molecule has 0 radical (unpaired) electrons. The van der Waals surface area contributed by atoms with Crippen LogP contribution in [0.15, 0.2) is 35.2 Å². The number of nitrogens with one attached hydrogen (secondary N) is 2. The fraction of sp³-hybridized carbons (Fsp3) is 0.478. The first kappa shape index (κ1) is 21.5. The maximum atomic E-state index is 5.35. The first-order valence-corrected chi connectivity index (χ1v) is 11.1. The van der Waals surface area contributed by atoms with Crippen molar-refractivity contribution in [1.29, 1.82) is 0 Å². The molecule has 0 aliphatic carbocycles. The Morgan fingerprint density at radius 1 is 0.926 bits per heavy atom. The van der Waals surface area contributed by atoms with Crippen LogP contribution in [0.25, 0.3) is 11.1 Å². The number of ether oxygens (including phenoxy) is 1. The van der Waals surface area contributed by atoms with Gasteiger partial charge in [0.15, 0.2) is 0 Å². The van der Waals surface area contributed by atoms with Crippen LogP contribution in [-0.2, 0) is 0 Å². The van der Waals surface area contributed by atoms with Crippen LogP contribution in [0.1, 0.15) is 45.6 Å². The van der Waals surface area contributed by atoms with E-state index in [1.54, 1.807) is 7.11 Å². The van der Waals surface area contributed by atoms with E-state index in [1.165, 1.54) is 33.0 Å². The van der Waals surface area contributed by atoms with Gasteiger partial charge in [0.25, 0.3) is 0 Å². The van der Waals surface area contributed by atoms with Crippen molar-refractivity contribution in [2.75, 3.05) is 36.6 Å². The summed E-state index contributed by atoms with van der Waals surface area (Å²) in [5.74, 6) is 2.01. The van der Waals surface area contributed by atoms with Crippen LogP contribution in [0.2, 0.25) is 0 Å². The summed E-state index contributed by atoms with van der Waals surface area (Å²) in [4.78, 5) is 1.34. The van der Waals surface area contributed by atoms with E-state index in [1.807, 2.05) is 23.9 Å². The minimum atomic E-state index is 0.891. The van der Waals surface area contributed by atoms with E-state index in [9.17, 15) is 0 Å². The number of hydrogen-bond donors (Lipinski definition) is 2. The smallest absolute Gasteiger partial charge is 0.118 e. The van der Waals surface area contributed by atoms with E-state index < -0.39 is 0 Å². The Balaban J connectivity index is 2.61. The van der Waals surface area contributed by atoms with Gasteiger partial charge in [-0.3, -0.25) is 0 Å². The summed E-state index contributed by atoms with van der Waals surface area (Å²) in [6, 6.07) is 10.8. The Bertz CT molecular complexity index is 713. The standard InChI is InChI=1S/C23H34N2OS/c1-6-13-24-20-16-21(27-15-8-3)22(23(17(20)4)25-14-7-2)18-9-11-19(26-5)12-10-18/h9-12,16,24-25H,6-8,13-15H2,1-5H3. The molecule has 0 atom stereocenters. The average molecular weight is 387 g/mol. The second kappa shape index (κ2) is 11.1. The lowest BCUT2D eigenvalue weighted by Gasteiger charge is -2.22. The molecule has 0 fully saturated rings. The molecular formula is C23H34N2OS. The lowest BCUT2D eigenvalue weighted by molar-refractivity contribution is 0.415. The van der Waals surface area contributed by atoms with Gasteiger partial charge in [-0.1, -0.05) is 32.9 Å². The molecule has 4 heteroatoms. The summed E-state index contributed by atoms with van der Waals surface area (Å²) in [6.45, 7) is 10.8. The Labute approximate surface area is 169 Å². The van der Waals surface area contributed by atoms with Crippen LogP contribution in [0.3, 0.4) is 0 Å². The molecule has 0 spiro atoms. The van der Waals surface area contributed by atoms with Crippen LogP contribution in [0.5, 0.6) is 5.75 Å². The van der Waals surface area contributed by atoms with Crippen LogP contribution >= 0.6 is 11.8 Å². The van der Waals surface area contributed by atoms with Gasteiger partial charge < -0.3 is 15.4 Å². The molecule has 2 rings (SSSR count). The van der Waals surface area contributed by atoms with Crippen LogP contribution in [0.4, 0.5) is 11.4 Å². The zero-order valence-corrected chi connectivity index (χ0v) is 18.3. The largest absolute Gasteiger partial charge is 0.497 e. The highest BCUT2D eigenvalue weighted by Crippen LogP contribution is 2.43. The zero-order valence-electron chi connectivity index (χ0n) is 17.4. The van der Waals surface area contributed by atoms with Crippen molar-refractivity contribution in [2.45, 2.75) is 51.9 Å². The predicted octanol–water partition coefficient (Wildman–Crippen LogP) is 6.82. The molecule has 0 saturated carbocycles. The van der Waals surface area contributed by atoms with Gasteiger partial charge in [0, 0.05) is 34.9 Å². The van der Waals surface area contributed by atoms with Crippen molar-refractivity contribution < 1.29 is 4.74 Å². The van der Waals surface area contributed by atoms with Gasteiger partial charge >= 0.3 is 0 Å². The molecule has 0 aliphatic rings. The Kier molecular flexibility index (Phi) is 8.86. The third kappa shape index (κ3) is 5.58. The molecule has 0 aliphatic heterocycles. The van der Waals surface area contributed by atoms with Crippen molar-refractivity contribution in [1.82, 2.24) is 0 Å². The van der Waals surface area contributed by atoms with Gasteiger partial charge in [0.2, 0.25) is 0 Å². The van der Waals surface area contributed by atoms with E-state index in [-0.39, 0.29) is 0 Å². The van der Waals surface area contributed by atoms with Crippen molar-refractivity contribution in [3.05, 3.63) is 35.9 Å². The molecule has 2 aromatic rings. The number of thioether (sulfide) groups is 1. The molecular weight excluding hydrogens is 352 g/mol. The molecule has 0 heterocycles. The normalized spacial score (nSPS) is 10.7. The molecule has 27 heavy (non-hydrogen) atoms. The monoisotopic (exact) mass is 386 g/mol. The second-order valence-electron chi connectivity index (χ2n) is 6.73. The van der Waals surface area contributed by atoms with Crippen LogP contribution in [0, 0.1) is 6.92 Å². The highest BCUT2D eigenvalue weighted by Gasteiger charge is 2.17. The molecule has 0 aromatic heterocycles. The highest BCUT2D eigenvalue weighted by atomic mass is 32.2. The summed E-state index contributed by atoms with van der Waals surface area (Å²) >= 11 is 1.94. The SMILES string of the molecule is CCCNc1cc(SCCC)c(-c2ccc(OC)cc2)c(NCCC)c1C. The summed E-state index contributed by atoms with van der Waals surface area (Å²) in [5, 5.41) is 7.33. The molecule has 2 aromatic carbocycles. The zero-order chi connectivity index (χ0) is 19.6. The molecule has 0 unspecified atom stereocenters. The topological polar surface area (TPSA) is 33.3 Å². The van der Waals surface area contributed by atoms with Gasteiger partial charge in [-0.15, -0.1) is 11.8 Å². The number of benzene rings is 2. The number of anilines is 2. The molecule has 148 valence electrons. The number of hydrogen-bond acceptors (Lipinski definition) is 4. The highest BCUT2D eigenvalue weighted by molar-refractivity contribution is 7.99. The van der Waals surface area contributed by atoms with E-state index >= 15 is 0 Å². The number of rotatable bonds is 11. The third-order valence-corrected chi connectivity index (χ3v) is 5.75. The second-order valence-corrected chi connectivity index (χ2v) is 7.86. The van der Waals surface area contributed by atoms with Gasteiger partial charge in [-0.05, 0) is 61.3 Å². The summed E-state index contributed by atoms with van der Waals surface area (Å²) < 4.78 is 5.35. The Hall–Kier alpha value is -1.81. The average Bonchev–Trinajstić information content (AvgIpc) is 2.70. The lowest BCUT2D eigenvalue weighted by Crippen LogP contribution is -2.09. The van der Waals surface area contributed by atoms with Gasteiger partial charge in [-0.2, -0.15) is 0 Å². The number of methoxy groups -OCH3 is 1. The van der Waals surface area contributed by atoms with E-state index in [4.69, 9.17) is 4.74 Å². The fourth-order valence-electron chi connectivity index (χ4n) is 3.04. The van der Waals surface area contributed by atoms with Crippen molar-refractivity contribution in [3.8, 4) is 16.9 Å². The first-order chi connectivity index (χ1) is 13.2. The van der Waals surface area contributed by atoms with E-state index in [2.05, 4.69) is 56.5 Å². The maximum Gasteiger partial charge on any atom is 0.118 e. The summed E-state index contributed by atoms with van der Waals surface area (Å²) in [6.07, 6.45) is 3.39. The molecule has 0 amide bonds. The van der Waals surface area contributed by atoms with Crippen molar-refractivity contribution in [2.24, 2.45) is 0 Å². The molecule has 3 nitrogen and oxygen atoms in total. The minimum Gasteiger partial charge on any atom is -0.497 e. The predicted molar refractivity (Wildman–Crippen MR) is 122 cm³/mol. The quantitative estimate of drug-likeness (QED) is 0.415. The van der Waals surface area contributed by atoms with Crippen LogP contribution < -0.4 is 15.4 Å². The Morgan fingerprint density at radius 2 is 1.59 bits per heavy atom. The van der Waals surface area contributed by atoms with Crippen molar-refractivity contribution >= 4 is 23.1 Å². The van der Waals surface area contributed by atoms with Gasteiger partial charge in [-0.25, -0.2) is 0 Å². The van der Waals surface area contributed by atoms with Crippen LogP contribution in [-0.4, -0.2) is 26.0 Å². The maximum absolute atomic E-state index is 5.35. The first-order valence-electron chi connectivity index (χ1n) is 10.1. The fourth-order valence-corrected chi connectivity index (χ4v) is 4.03. The summed E-state index contributed by atoms with van der Waals surface area (Å²) in [5.41, 5.74) is 6.33. The third-order valence-electron chi connectivity index (χ3n) is 4.51. The minimum absolute atomic E-state index is 0.891. The van der Waals surface area contributed by atoms with Gasteiger partial charge in [0.05, 0.1) is 7.11 Å². The van der Waals surface area contributed by atoms with E-state index in [0.717, 1.165) is 43.9 Å². The van der Waals surface area contributed by atoms with Crippen molar-refractivity contribution in [3.63, 3.8) is 0 Å². The molecule has 0 saturated heterocycles. The molecule has 2 N–H and O–H groups in total. The lowest BCUT2D eigenvalue weighted by atomic mass is 9.98.